The summed E-state index contributed by atoms with van der Waals surface area (Å²) in [4.78, 5) is 24.7. The highest BCUT2D eigenvalue weighted by molar-refractivity contribution is 5.79. The Labute approximate surface area is 318 Å². The maximum atomic E-state index is 12.5. The third kappa shape index (κ3) is 13.4. The Morgan fingerprint density at radius 1 is 0.648 bits per heavy atom. The SMILES string of the molecule is CC(C)(C)OC(=O)N[C@@H](CCC[C@H]1O[C@H](COCc2ccccc2)[C@H](OCc2ccccc2)[C@H](OCc2ccccc2)[C@H]1OCc1ccccc1)C(=O)O. The summed E-state index contributed by atoms with van der Waals surface area (Å²) in [6, 6.07) is 38.6. The first kappa shape index (κ1) is 40.6. The Hall–Kier alpha value is -4.58. The molecule has 54 heavy (non-hydrogen) atoms. The number of carbonyl (C=O) groups excluding carboxylic acids is 1. The molecular weight excluding hydrogens is 686 g/mol. The third-order valence-corrected chi connectivity index (χ3v) is 8.95. The molecule has 5 rings (SSSR count). The number of hydrogen-bond donors (Lipinski definition) is 2. The van der Waals surface area contributed by atoms with Crippen LogP contribution in [0.15, 0.2) is 121 Å². The predicted molar refractivity (Wildman–Crippen MR) is 204 cm³/mol. The maximum absolute atomic E-state index is 12.5. The highest BCUT2D eigenvalue weighted by Gasteiger charge is 2.48. The summed E-state index contributed by atoms with van der Waals surface area (Å²) in [6.07, 6.45) is -2.63. The number of carboxylic acids is 1. The smallest absolute Gasteiger partial charge is 0.408 e. The summed E-state index contributed by atoms with van der Waals surface area (Å²) >= 11 is 0. The summed E-state index contributed by atoms with van der Waals surface area (Å²) in [6.45, 7) is 6.72. The van der Waals surface area contributed by atoms with E-state index in [0.29, 0.717) is 39.3 Å². The second-order valence-electron chi connectivity index (χ2n) is 14.5. The summed E-state index contributed by atoms with van der Waals surface area (Å²) in [5, 5.41) is 12.5. The van der Waals surface area contributed by atoms with Crippen molar-refractivity contribution in [3.05, 3.63) is 144 Å². The Balaban J connectivity index is 1.42. The molecular formula is C44H53NO9. The molecule has 0 spiro atoms. The molecule has 4 aromatic rings. The van der Waals surface area contributed by atoms with Gasteiger partial charge in [0.2, 0.25) is 0 Å². The molecule has 10 heteroatoms. The number of nitrogens with one attached hydrogen (secondary N) is 1. The summed E-state index contributed by atoms with van der Waals surface area (Å²) in [5.41, 5.74) is 3.26. The molecule has 288 valence electrons. The van der Waals surface area contributed by atoms with Gasteiger partial charge in [0.15, 0.2) is 0 Å². The van der Waals surface area contributed by atoms with Crippen LogP contribution < -0.4 is 5.32 Å². The van der Waals surface area contributed by atoms with Crippen molar-refractivity contribution in [3.8, 4) is 0 Å². The summed E-state index contributed by atoms with van der Waals surface area (Å²) in [5.74, 6) is -1.15. The van der Waals surface area contributed by atoms with E-state index in [-0.39, 0.29) is 13.0 Å². The standard InChI is InChI=1S/C44H53NO9/c1-44(2,3)54-43(48)45-36(42(46)47)25-16-26-37-39(50-28-33-19-10-5-11-20-33)41(52-30-35-23-14-7-15-24-35)40(51-29-34-21-12-6-13-22-34)38(53-37)31-49-27-32-17-8-4-9-18-32/h4-15,17-24,36-41H,16,25-31H2,1-3H3,(H,45,48)(H,46,47)/t36-,37+,38+,39-,40-,41+/m0/s1. The number of aliphatic carboxylic acids is 1. The Morgan fingerprint density at radius 2 is 1.07 bits per heavy atom. The monoisotopic (exact) mass is 739 g/mol. The third-order valence-electron chi connectivity index (χ3n) is 8.95. The van der Waals surface area contributed by atoms with Crippen LogP contribution in [0.3, 0.4) is 0 Å². The Morgan fingerprint density at radius 3 is 1.52 bits per heavy atom. The Bertz CT molecular complexity index is 1670. The van der Waals surface area contributed by atoms with Gasteiger partial charge < -0.3 is 38.8 Å². The van der Waals surface area contributed by atoms with Gasteiger partial charge in [0.1, 0.15) is 36.1 Å². The first-order valence-electron chi connectivity index (χ1n) is 18.6. The van der Waals surface area contributed by atoms with E-state index >= 15 is 0 Å². The average Bonchev–Trinajstić information content (AvgIpc) is 3.16. The average molecular weight is 740 g/mol. The molecule has 0 bridgehead atoms. The van der Waals surface area contributed by atoms with Crippen LogP contribution in [0.4, 0.5) is 4.79 Å². The molecule has 0 unspecified atom stereocenters. The van der Waals surface area contributed by atoms with E-state index < -0.39 is 54.2 Å². The topological polar surface area (TPSA) is 122 Å². The van der Waals surface area contributed by atoms with Crippen molar-refractivity contribution >= 4 is 12.1 Å². The van der Waals surface area contributed by atoms with E-state index in [1.807, 2.05) is 121 Å². The zero-order valence-corrected chi connectivity index (χ0v) is 31.4. The highest BCUT2D eigenvalue weighted by Crippen LogP contribution is 2.33. The number of ether oxygens (including phenoxy) is 6. The molecule has 1 aliphatic rings. The molecule has 0 radical (unpaired) electrons. The van der Waals surface area contributed by atoms with Crippen LogP contribution in [0, 0.1) is 0 Å². The van der Waals surface area contributed by atoms with Crippen LogP contribution in [0.2, 0.25) is 0 Å². The molecule has 1 saturated heterocycles. The fraction of sp³-hybridized carbons (Fsp3) is 0.409. The second-order valence-corrected chi connectivity index (χ2v) is 14.5. The Kier molecular flexibility index (Phi) is 15.6. The highest BCUT2D eigenvalue weighted by atomic mass is 16.6. The molecule has 4 aromatic carbocycles. The van der Waals surface area contributed by atoms with Crippen LogP contribution in [-0.4, -0.2) is 65.9 Å². The predicted octanol–water partition coefficient (Wildman–Crippen LogP) is 7.88. The number of alkyl carbamates (subject to hydrolysis) is 1. The van der Waals surface area contributed by atoms with Crippen molar-refractivity contribution in [2.24, 2.45) is 0 Å². The zero-order chi connectivity index (χ0) is 38.2. The van der Waals surface area contributed by atoms with Gasteiger partial charge in [-0.1, -0.05) is 121 Å². The minimum atomic E-state index is -1.15. The fourth-order valence-electron chi connectivity index (χ4n) is 6.35. The first-order valence-corrected chi connectivity index (χ1v) is 18.6. The van der Waals surface area contributed by atoms with E-state index in [1.165, 1.54) is 0 Å². The minimum Gasteiger partial charge on any atom is -0.480 e. The first-order chi connectivity index (χ1) is 26.1. The molecule has 0 aromatic heterocycles. The van der Waals surface area contributed by atoms with E-state index in [4.69, 9.17) is 28.4 Å². The van der Waals surface area contributed by atoms with E-state index in [0.717, 1.165) is 22.3 Å². The van der Waals surface area contributed by atoms with Gasteiger partial charge in [0.05, 0.1) is 39.1 Å². The zero-order valence-electron chi connectivity index (χ0n) is 31.4. The maximum Gasteiger partial charge on any atom is 0.408 e. The van der Waals surface area contributed by atoms with Crippen LogP contribution >= 0.6 is 0 Å². The molecule has 2 N–H and O–H groups in total. The second kappa shape index (κ2) is 20.8. The van der Waals surface area contributed by atoms with Crippen LogP contribution in [-0.2, 0) is 59.6 Å². The van der Waals surface area contributed by atoms with Crippen LogP contribution in [0.5, 0.6) is 0 Å². The molecule has 0 aliphatic carbocycles. The van der Waals surface area contributed by atoms with Gasteiger partial charge >= 0.3 is 12.1 Å². The largest absolute Gasteiger partial charge is 0.480 e. The van der Waals surface area contributed by atoms with E-state index in [9.17, 15) is 14.7 Å². The summed E-state index contributed by atoms with van der Waals surface area (Å²) < 4.78 is 38.8. The van der Waals surface area contributed by atoms with Crippen LogP contribution in [0.1, 0.15) is 62.3 Å². The molecule has 10 nitrogen and oxygen atoms in total. The number of hydrogen-bond acceptors (Lipinski definition) is 8. The number of amides is 1. The van der Waals surface area contributed by atoms with Gasteiger partial charge in [-0.3, -0.25) is 0 Å². The lowest BCUT2D eigenvalue weighted by molar-refractivity contribution is -0.273. The molecule has 1 heterocycles. The van der Waals surface area contributed by atoms with Gasteiger partial charge in [-0.05, 0) is 62.3 Å². The van der Waals surface area contributed by atoms with Gasteiger partial charge in [0.25, 0.3) is 0 Å². The van der Waals surface area contributed by atoms with Crippen molar-refractivity contribution < 1.29 is 43.1 Å². The normalized spacial score (nSPS) is 20.5. The molecule has 1 aliphatic heterocycles. The molecule has 0 saturated carbocycles. The van der Waals surface area contributed by atoms with Crippen molar-refractivity contribution in [1.82, 2.24) is 5.32 Å². The lowest BCUT2D eigenvalue weighted by Crippen LogP contribution is -2.61. The lowest BCUT2D eigenvalue weighted by atomic mass is 9.91. The summed E-state index contributed by atoms with van der Waals surface area (Å²) in [7, 11) is 0. The van der Waals surface area contributed by atoms with Gasteiger partial charge in [-0.2, -0.15) is 0 Å². The number of rotatable bonds is 19. The minimum absolute atomic E-state index is 0.151. The fourth-order valence-corrected chi connectivity index (χ4v) is 6.35. The van der Waals surface area contributed by atoms with Crippen molar-refractivity contribution in [3.63, 3.8) is 0 Å². The van der Waals surface area contributed by atoms with Crippen molar-refractivity contribution in [2.75, 3.05) is 6.61 Å². The molecule has 6 atom stereocenters. The quantitative estimate of drug-likeness (QED) is 0.0990. The molecule has 1 fully saturated rings. The van der Waals surface area contributed by atoms with Gasteiger partial charge in [-0.15, -0.1) is 0 Å². The van der Waals surface area contributed by atoms with Gasteiger partial charge in [-0.25, -0.2) is 9.59 Å². The van der Waals surface area contributed by atoms with E-state index in [1.54, 1.807) is 20.8 Å². The number of carbonyl (C=O) groups is 2. The van der Waals surface area contributed by atoms with Gasteiger partial charge in [0, 0.05) is 0 Å². The van der Waals surface area contributed by atoms with E-state index in [2.05, 4.69) is 5.32 Å². The number of benzene rings is 4. The lowest BCUT2D eigenvalue weighted by Gasteiger charge is -2.46. The van der Waals surface area contributed by atoms with Crippen molar-refractivity contribution in [2.45, 2.75) is 109 Å². The molecule has 1 amide bonds. The van der Waals surface area contributed by atoms with Crippen molar-refractivity contribution in [1.29, 1.82) is 0 Å². The van der Waals surface area contributed by atoms with Crippen LogP contribution in [0.25, 0.3) is 0 Å². The number of carboxylic acid groups (broad SMARTS) is 1.